The van der Waals surface area contributed by atoms with E-state index in [1.165, 1.54) is 12.8 Å². The zero-order chi connectivity index (χ0) is 16.6. The summed E-state index contributed by atoms with van der Waals surface area (Å²) in [6, 6.07) is 1.90. The van der Waals surface area contributed by atoms with Crippen molar-refractivity contribution in [3.05, 3.63) is 29.6 Å². The lowest BCUT2D eigenvalue weighted by atomic mass is 9.79. The number of aromatic nitrogens is 1. The van der Waals surface area contributed by atoms with Crippen LogP contribution in [0.1, 0.15) is 41.6 Å². The van der Waals surface area contributed by atoms with Gasteiger partial charge in [0.2, 0.25) is 0 Å². The van der Waals surface area contributed by atoms with E-state index < -0.39 is 0 Å². The SMILES string of the molecule is Cc1cncc(C(=O)N2CC3(C2)OCC[C@@H]3CCOCC2CC2)c1. The lowest BCUT2D eigenvalue weighted by molar-refractivity contribution is -0.120. The summed E-state index contributed by atoms with van der Waals surface area (Å²) in [6.45, 7) is 5.91. The molecular formula is C19H26N2O3. The van der Waals surface area contributed by atoms with Crippen LogP contribution in [0.2, 0.25) is 0 Å². The number of aryl methyl sites for hydroxylation is 1. The molecule has 1 saturated carbocycles. The van der Waals surface area contributed by atoms with Gasteiger partial charge in [-0.15, -0.1) is 0 Å². The first-order valence-corrected chi connectivity index (χ1v) is 9.09. The minimum absolute atomic E-state index is 0.0658. The summed E-state index contributed by atoms with van der Waals surface area (Å²) in [5.74, 6) is 1.39. The van der Waals surface area contributed by atoms with Crippen molar-refractivity contribution in [3.63, 3.8) is 0 Å². The zero-order valence-electron chi connectivity index (χ0n) is 14.4. The predicted octanol–water partition coefficient (Wildman–Crippen LogP) is 2.44. The van der Waals surface area contributed by atoms with Crippen molar-refractivity contribution in [3.8, 4) is 0 Å². The molecule has 0 bridgehead atoms. The summed E-state index contributed by atoms with van der Waals surface area (Å²) in [5, 5.41) is 0. The highest BCUT2D eigenvalue weighted by atomic mass is 16.5. The molecule has 4 rings (SSSR count). The maximum absolute atomic E-state index is 12.6. The average Bonchev–Trinajstić information content (AvgIpc) is 3.27. The number of nitrogens with zero attached hydrogens (tertiary/aromatic N) is 2. The molecule has 1 atom stereocenters. The molecule has 3 fully saturated rings. The van der Waals surface area contributed by atoms with Crippen LogP contribution >= 0.6 is 0 Å². The molecule has 0 unspecified atom stereocenters. The van der Waals surface area contributed by atoms with Gasteiger partial charge in [0.25, 0.3) is 5.91 Å². The normalized spacial score (nSPS) is 25.0. The maximum atomic E-state index is 12.6. The number of likely N-dealkylation sites (tertiary alicyclic amines) is 1. The minimum Gasteiger partial charge on any atom is -0.381 e. The van der Waals surface area contributed by atoms with Gasteiger partial charge in [-0.05, 0) is 56.1 Å². The van der Waals surface area contributed by atoms with E-state index in [-0.39, 0.29) is 11.5 Å². The Labute approximate surface area is 143 Å². The van der Waals surface area contributed by atoms with Gasteiger partial charge in [0, 0.05) is 32.2 Å². The van der Waals surface area contributed by atoms with Crippen molar-refractivity contribution in [2.75, 3.05) is 32.9 Å². The van der Waals surface area contributed by atoms with Crippen LogP contribution in [0.3, 0.4) is 0 Å². The van der Waals surface area contributed by atoms with E-state index in [2.05, 4.69) is 4.98 Å². The quantitative estimate of drug-likeness (QED) is 0.752. The number of hydrogen-bond donors (Lipinski definition) is 0. The molecule has 1 spiro atoms. The van der Waals surface area contributed by atoms with Crippen LogP contribution in [0.4, 0.5) is 0 Å². The summed E-state index contributed by atoms with van der Waals surface area (Å²) >= 11 is 0. The summed E-state index contributed by atoms with van der Waals surface area (Å²) in [5.41, 5.74) is 1.56. The summed E-state index contributed by atoms with van der Waals surface area (Å²) in [6.07, 6.45) is 8.22. The fraction of sp³-hybridized carbons (Fsp3) is 0.684. The first kappa shape index (κ1) is 16.0. The first-order chi connectivity index (χ1) is 11.7. The molecule has 5 heteroatoms. The van der Waals surface area contributed by atoms with E-state index >= 15 is 0 Å². The van der Waals surface area contributed by atoms with E-state index in [4.69, 9.17) is 9.47 Å². The number of pyridine rings is 1. The molecule has 0 aromatic carbocycles. The molecular weight excluding hydrogens is 304 g/mol. The summed E-state index contributed by atoms with van der Waals surface area (Å²) in [7, 11) is 0. The summed E-state index contributed by atoms with van der Waals surface area (Å²) in [4.78, 5) is 18.6. The van der Waals surface area contributed by atoms with Gasteiger partial charge in [-0.25, -0.2) is 0 Å². The van der Waals surface area contributed by atoms with Crippen molar-refractivity contribution in [1.29, 1.82) is 0 Å². The standard InChI is InChI=1S/C19H26N2O3/c1-14-8-16(10-20-9-14)18(22)21-12-19(13-21)17(5-7-24-19)4-6-23-11-15-2-3-15/h8-10,15,17H,2-7,11-13H2,1H3/t17-/m0/s1. The number of hydrogen-bond acceptors (Lipinski definition) is 4. The molecule has 2 saturated heterocycles. The van der Waals surface area contributed by atoms with Gasteiger partial charge in [0.05, 0.1) is 18.7 Å². The van der Waals surface area contributed by atoms with Gasteiger partial charge >= 0.3 is 0 Å². The third-order valence-electron chi connectivity index (χ3n) is 5.59. The van der Waals surface area contributed by atoms with Gasteiger partial charge in [-0.1, -0.05) is 0 Å². The van der Waals surface area contributed by atoms with Crippen LogP contribution in [0, 0.1) is 18.8 Å². The largest absolute Gasteiger partial charge is 0.381 e. The van der Waals surface area contributed by atoms with E-state index in [1.54, 1.807) is 12.4 Å². The highest BCUT2D eigenvalue weighted by molar-refractivity contribution is 5.94. The van der Waals surface area contributed by atoms with Crippen LogP contribution in [-0.2, 0) is 9.47 Å². The highest BCUT2D eigenvalue weighted by Gasteiger charge is 2.54. The van der Waals surface area contributed by atoms with Gasteiger partial charge in [-0.3, -0.25) is 9.78 Å². The fourth-order valence-corrected chi connectivity index (χ4v) is 3.90. The number of ether oxygens (including phenoxy) is 2. The van der Waals surface area contributed by atoms with E-state index in [0.29, 0.717) is 24.6 Å². The molecule has 3 aliphatic rings. The Balaban J connectivity index is 1.29. The molecule has 1 aromatic heterocycles. The van der Waals surface area contributed by atoms with Crippen LogP contribution in [-0.4, -0.2) is 54.3 Å². The van der Waals surface area contributed by atoms with Crippen LogP contribution in [0.5, 0.6) is 0 Å². The number of rotatable bonds is 6. The Kier molecular flexibility index (Phi) is 4.31. The second-order valence-corrected chi connectivity index (χ2v) is 7.62. The third kappa shape index (κ3) is 3.20. The Morgan fingerprint density at radius 1 is 1.38 bits per heavy atom. The molecule has 1 aromatic rings. The molecule has 5 nitrogen and oxygen atoms in total. The molecule has 1 amide bonds. The van der Waals surface area contributed by atoms with E-state index in [9.17, 15) is 4.79 Å². The van der Waals surface area contributed by atoms with Crippen molar-refractivity contribution in [2.24, 2.45) is 11.8 Å². The molecule has 0 N–H and O–H groups in total. The Bertz CT molecular complexity index is 608. The minimum atomic E-state index is -0.129. The zero-order valence-corrected chi connectivity index (χ0v) is 14.4. The Morgan fingerprint density at radius 2 is 2.21 bits per heavy atom. The second-order valence-electron chi connectivity index (χ2n) is 7.62. The topological polar surface area (TPSA) is 51.7 Å². The molecule has 0 radical (unpaired) electrons. The van der Waals surface area contributed by atoms with Gasteiger partial charge in [-0.2, -0.15) is 0 Å². The van der Waals surface area contributed by atoms with Crippen LogP contribution < -0.4 is 0 Å². The van der Waals surface area contributed by atoms with E-state index in [0.717, 1.165) is 44.1 Å². The lowest BCUT2D eigenvalue weighted by Gasteiger charge is -2.50. The van der Waals surface area contributed by atoms with Gasteiger partial charge in [0.1, 0.15) is 5.60 Å². The van der Waals surface area contributed by atoms with Gasteiger partial charge < -0.3 is 14.4 Å². The van der Waals surface area contributed by atoms with Crippen molar-refractivity contribution >= 4 is 5.91 Å². The molecule has 3 heterocycles. The maximum Gasteiger partial charge on any atom is 0.255 e. The van der Waals surface area contributed by atoms with Gasteiger partial charge in [0.15, 0.2) is 0 Å². The Hall–Kier alpha value is -1.46. The lowest BCUT2D eigenvalue weighted by Crippen LogP contribution is -2.66. The van der Waals surface area contributed by atoms with Crippen LogP contribution in [0.25, 0.3) is 0 Å². The predicted molar refractivity (Wildman–Crippen MR) is 89.8 cm³/mol. The van der Waals surface area contributed by atoms with Crippen molar-refractivity contribution in [2.45, 2.75) is 38.2 Å². The van der Waals surface area contributed by atoms with Crippen LogP contribution in [0.15, 0.2) is 18.5 Å². The molecule has 130 valence electrons. The monoisotopic (exact) mass is 330 g/mol. The fourth-order valence-electron chi connectivity index (χ4n) is 3.90. The molecule has 24 heavy (non-hydrogen) atoms. The number of amides is 1. The first-order valence-electron chi connectivity index (χ1n) is 9.09. The molecule has 1 aliphatic carbocycles. The number of carbonyl (C=O) groups is 1. The van der Waals surface area contributed by atoms with E-state index in [1.807, 2.05) is 17.9 Å². The third-order valence-corrected chi connectivity index (χ3v) is 5.59. The smallest absolute Gasteiger partial charge is 0.255 e. The summed E-state index contributed by atoms with van der Waals surface area (Å²) < 4.78 is 11.8. The van der Waals surface area contributed by atoms with Crippen molar-refractivity contribution in [1.82, 2.24) is 9.88 Å². The number of carbonyl (C=O) groups excluding carboxylic acids is 1. The highest BCUT2D eigenvalue weighted by Crippen LogP contribution is 2.42. The Morgan fingerprint density at radius 3 is 2.96 bits per heavy atom. The van der Waals surface area contributed by atoms with Crippen molar-refractivity contribution < 1.29 is 14.3 Å². The molecule has 2 aliphatic heterocycles. The second kappa shape index (κ2) is 6.45. The average molecular weight is 330 g/mol.